The number of nitrogens with one attached hydrogen (secondary N) is 1. The zero-order chi connectivity index (χ0) is 10.7. The molecule has 0 bridgehead atoms. The molecule has 0 spiro atoms. The van der Waals surface area contributed by atoms with Gasteiger partial charge in [-0.1, -0.05) is 6.92 Å². The molecule has 0 unspecified atom stereocenters. The summed E-state index contributed by atoms with van der Waals surface area (Å²) in [6, 6.07) is 3.88. The van der Waals surface area contributed by atoms with Gasteiger partial charge in [0.1, 0.15) is 0 Å². The lowest BCUT2D eigenvalue weighted by molar-refractivity contribution is 0.678. The highest BCUT2D eigenvalue weighted by atomic mass is 15.4. The molecule has 0 amide bonds. The van der Waals surface area contributed by atoms with Crippen LogP contribution in [0.25, 0.3) is 5.65 Å². The van der Waals surface area contributed by atoms with Crippen LogP contribution < -0.4 is 5.32 Å². The molecule has 0 fully saturated rings. The summed E-state index contributed by atoms with van der Waals surface area (Å²) in [4.78, 5) is 0. The van der Waals surface area contributed by atoms with Gasteiger partial charge in [-0.05, 0) is 25.6 Å². The number of rotatable bonds is 4. The van der Waals surface area contributed by atoms with Gasteiger partial charge in [0, 0.05) is 13.0 Å². The van der Waals surface area contributed by atoms with Crippen LogP contribution in [0.15, 0.2) is 12.1 Å². The van der Waals surface area contributed by atoms with Crippen LogP contribution in [0.5, 0.6) is 0 Å². The topological polar surface area (TPSA) is 55.1 Å². The molecule has 2 rings (SSSR count). The summed E-state index contributed by atoms with van der Waals surface area (Å²) in [5.74, 6) is 0.912. The average molecular weight is 205 g/mol. The fraction of sp³-hybridized carbons (Fsp3) is 0.500. The van der Waals surface area contributed by atoms with Crippen LogP contribution in [-0.4, -0.2) is 32.9 Å². The smallest absolute Gasteiger partial charge is 0.177 e. The van der Waals surface area contributed by atoms with Gasteiger partial charge in [0.15, 0.2) is 11.5 Å². The van der Waals surface area contributed by atoms with Gasteiger partial charge in [-0.25, -0.2) is 0 Å². The molecule has 5 heteroatoms. The molecule has 0 saturated heterocycles. The Morgan fingerprint density at radius 1 is 1.33 bits per heavy atom. The minimum Gasteiger partial charge on any atom is -0.317 e. The monoisotopic (exact) mass is 205 g/mol. The molecule has 0 aliphatic rings. The van der Waals surface area contributed by atoms with Crippen molar-refractivity contribution < 1.29 is 0 Å². The SMILES string of the molecule is CCNCCc1nnc2ccc(C)nn12. The van der Waals surface area contributed by atoms with Crippen molar-refractivity contribution in [1.82, 2.24) is 25.1 Å². The normalized spacial score (nSPS) is 11.1. The standard InChI is InChI=1S/C10H15N5/c1-3-11-7-6-10-13-12-9-5-4-8(2)14-15(9)10/h4-5,11H,3,6-7H2,1-2H3. The molecule has 5 nitrogen and oxygen atoms in total. The van der Waals surface area contributed by atoms with E-state index in [2.05, 4.69) is 27.5 Å². The van der Waals surface area contributed by atoms with Crippen LogP contribution in [-0.2, 0) is 6.42 Å². The lowest BCUT2D eigenvalue weighted by Crippen LogP contribution is -2.17. The third-order valence-corrected chi connectivity index (χ3v) is 2.24. The predicted molar refractivity (Wildman–Crippen MR) is 57.8 cm³/mol. The van der Waals surface area contributed by atoms with Crippen LogP contribution in [0, 0.1) is 6.92 Å². The van der Waals surface area contributed by atoms with Crippen LogP contribution in [0.2, 0.25) is 0 Å². The van der Waals surface area contributed by atoms with E-state index in [9.17, 15) is 0 Å². The van der Waals surface area contributed by atoms with Crippen molar-refractivity contribution in [2.45, 2.75) is 20.3 Å². The molecule has 2 aromatic rings. The quantitative estimate of drug-likeness (QED) is 0.742. The van der Waals surface area contributed by atoms with E-state index in [1.54, 1.807) is 0 Å². The van der Waals surface area contributed by atoms with E-state index >= 15 is 0 Å². The molecule has 15 heavy (non-hydrogen) atoms. The van der Waals surface area contributed by atoms with Crippen LogP contribution in [0.3, 0.4) is 0 Å². The zero-order valence-electron chi connectivity index (χ0n) is 9.06. The number of hydrogen-bond donors (Lipinski definition) is 1. The van der Waals surface area contributed by atoms with E-state index in [1.165, 1.54) is 0 Å². The first kappa shape index (κ1) is 10.0. The number of aryl methyl sites for hydroxylation is 1. The Morgan fingerprint density at radius 2 is 2.20 bits per heavy atom. The summed E-state index contributed by atoms with van der Waals surface area (Å²) >= 11 is 0. The summed E-state index contributed by atoms with van der Waals surface area (Å²) in [6.45, 7) is 5.94. The molecule has 2 aromatic heterocycles. The second-order valence-corrected chi connectivity index (χ2v) is 3.46. The number of hydrogen-bond acceptors (Lipinski definition) is 4. The van der Waals surface area contributed by atoms with Crippen molar-refractivity contribution in [2.24, 2.45) is 0 Å². The minimum absolute atomic E-state index is 0.812. The summed E-state index contributed by atoms with van der Waals surface area (Å²) in [5.41, 5.74) is 1.79. The number of aromatic nitrogens is 4. The fourth-order valence-electron chi connectivity index (χ4n) is 1.46. The Hall–Kier alpha value is -1.49. The van der Waals surface area contributed by atoms with Gasteiger partial charge in [-0.15, -0.1) is 10.2 Å². The first-order valence-corrected chi connectivity index (χ1v) is 5.20. The maximum absolute atomic E-state index is 4.38. The summed E-state index contributed by atoms with van der Waals surface area (Å²) in [5, 5.41) is 15.8. The van der Waals surface area contributed by atoms with E-state index < -0.39 is 0 Å². The Kier molecular flexibility index (Phi) is 2.91. The highest BCUT2D eigenvalue weighted by molar-refractivity contribution is 5.35. The molecule has 0 saturated carbocycles. The molecule has 0 aliphatic heterocycles. The Balaban J connectivity index is 2.23. The van der Waals surface area contributed by atoms with Gasteiger partial charge in [-0.3, -0.25) is 0 Å². The van der Waals surface area contributed by atoms with Crippen molar-refractivity contribution in [3.05, 3.63) is 23.7 Å². The molecule has 0 radical (unpaired) electrons. The third-order valence-electron chi connectivity index (χ3n) is 2.24. The highest BCUT2D eigenvalue weighted by Crippen LogP contribution is 2.02. The second kappa shape index (κ2) is 4.35. The first-order chi connectivity index (χ1) is 7.31. The van der Waals surface area contributed by atoms with Crippen molar-refractivity contribution in [3.8, 4) is 0 Å². The van der Waals surface area contributed by atoms with Gasteiger partial charge < -0.3 is 5.32 Å². The lowest BCUT2D eigenvalue weighted by Gasteiger charge is -2.00. The fourth-order valence-corrected chi connectivity index (χ4v) is 1.46. The molecule has 2 heterocycles. The molecular formula is C10H15N5. The molecule has 0 aliphatic carbocycles. The maximum atomic E-state index is 4.38. The van der Waals surface area contributed by atoms with Crippen molar-refractivity contribution in [2.75, 3.05) is 13.1 Å². The molecular weight excluding hydrogens is 190 g/mol. The minimum atomic E-state index is 0.812. The summed E-state index contributed by atoms with van der Waals surface area (Å²) in [6.07, 6.45) is 0.853. The molecule has 80 valence electrons. The van der Waals surface area contributed by atoms with Crippen molar-refractivity contribution in [1.29, 1.82) is 0 Å². The van der Waals surface area contributed by atoms with Gasteiger partial charge >= 0.3 is 0 Å². The predicted octanol–water partition coefficient (Wildman–Crippen LogP) is 0.585. The van der Waals surface area contributed by atoms with Crippen molar-refractivity contribution in [3.63, 3.8) is 0 Å². The van der Waals surface area contributed by atoms with Crippen molar-refractivity contribution >= 4 is 5.65 Å². The Morgan fingerprint density at radius 3 is 3.00 bits per heavy atom. The van der Waals surface area contributed by atoms with E-state index in [0.29, 0.717) is 0 Å². The van der Waals surface area contributed by atoms with E-state index in [0.717, 1.165) is 36.7 Å². The number of likely N-dealkylation sites (N-methyl/N-ethyl adjacent to an activating group) is 1. The summed E-state index contributed by atoms with van der Waals surface area (Å²) < 4.78 is 1.81. The largest absolute Gasteiger partial charge is 0.317 e. The highest BCUT2D eigenvalue weighted by Gasteiger charge is 2.05. The first-order valence-electron chi connectivity index (χ1n) is 5.20. The second-order valence-electron chi connectivity index (χ2n) is 3.46. The number of fused-ring (bicyclic) bond motifs is 1. The van der Waals surface area contributed by atoms with Gasteiger partial charge in [0.25, 0.3) is 0 Å². The maximum Gasteiger partial charge on any atom is 0.177 e. The van der Waals surface area contributed by atoms with Crippen LogP contribution in [0.4, 0.5) is 0 Å². The average Bonchev–Trinajstić information content (AvgIpc) is 2.62. The van der Waals surface area contributed by atoms with E-state index in [4.69, 9.17) is 0 Å². The third kappa shape index (κ3) is 2.12. The summed E-state index contributed by atoms with van der Waals surface area (Å²) in [7, 11) is 0. The van der Waals surface area contributed by atoms with E-state index in [-0.39, 0.29) is 0 Å². The molecule has 0 aromatic carbocycles. The van der Waals surface area contributed by atoms with Crippen LogP contribution in [0.1, 0.15) is 18.4 Å². The van der Waals surface area contributed by atoms with Gasteiger partial charge in [-0.2, -0.15) is 9.61 Å². The zero-order valence-corrected chi connectivity index (χ0v) is 9.06. The Bertz CT molecular complexity index is 448. The van der Waals surface area contributed by atoms with Crippen LogP contribution >= 0.6 is 0 Å². The van der Waals surface area contributed by atoms with Gasteiger partial charge in [0.05, 0.1) is 5.69 Å². The van der Waals surface area contributed by atoms with E-state index in [1.807, 2.05) is 23.6 Å². The number of nitrogens with zero attached hydrogens (tertiary/aromatic N) is 4. The van der Waals surface area contributed by atoms with Gasteiger partial charge in [0.2, 0.25) is 0 Å². The Labute approximate surface area is 88.5 Å². The molecule has 0 atom stereocenters. The lowest BCUT2D eigenvalue weighted by atomic mass is 10.4. The molecule has 1 N–H and O–H groups in total.